The van der Waals surface area contributed by atoms with Crippen LogP contribution in [-0.2, 0) is 6.54 Å². The summed E-state index contributed by atoms with van der Waals surface area (Å²) in [5, 5.41) is 3.03. The molecule has 3 N–H and O–H groups in total. The molecule has 0 spiro atoms. The molecule has 0 fully saturated rings. The highest BCUT2D eigenvalue weighted by Gasteiger charge is 1.98. The molecule has 2 aromatic rings. The molecule has 0 bridgehead atoms. The van der Waals surface area contributed by atoms with Crippen LogP contribution >= 0.6 is 24.0 Å². The number of methoxy groups -OCH3 is 1. The van der Waals surface area contributed by atoms with Crippen LogP contribution in [0.5, 0.6) is 5.75 Å². The number of halogens is 1. The minimum absolute atomic E-state index is 0. The van der Waals surface area contributed by atoms with Crippen molar-refractivity contribution in [3.8, 4) is 5.75 Å². The van der Waals surface area contributed by atoms with Crippen LogP contribution in [0, 0.1) is 6.92 Å². The smallest absolute Gasteiger partial charge is 0.193 e. The number of nitrogens with one attached hydrogen (secondary N) is 1. The van der Waals surface area contributed by atoms with E-state index in [0.717, 1.165) is 22.6 Å². The van der Waals surface area contributed by atoms with Gasteiger partial charge in [-0.15, -0.1) is 24.0 Å². The van der Waals surface area contributed by atoms with Gasteiger partial charge in [-0.25, -0.2) is 4.99 Å². The Morgan fingerprint density at radius 3 is 2.86 bits per heavy atom. The minimum atomic E-state index is 0. The molecule has 0 aliphatic heterocycles. The van der Waals surface area contributed by atoms with Crippen molar-refractivity contribution in [3.63, 3.8) is 0 Å². The number of guanidine groups is 1. The molecule has 0 aliphatic rings. The van der Waals surface area contributed by atoms with Crippen LogP contribution in [-0.4, -0.2) is 18.1 Å². The molecule has 2 rings (SSSR count). The van der Waals surface area contributed by atoms with Gasteiger partial charge in [-0.05, 0) is 30.2 Å². The third-order valence-electron chi connectivity index (χ3n) is 2.71. The quantitative estimate of drug-likeness (QED) is 0.472. The van der Waals surface area contributed by atoms with Crippen molar-refractivity contribution < 1.29 is 4.74 Å². The zero-order valence-corrected chi connectivity index (χ0v) is 14.4. The second kappa shape index (κ2) is 8.46. The van der Waals surface area contributed by atoms with Gasteiger partial charge in [0.2, 0.25) is 0 Å². The lowest BCUT2D eigenvalue weighted by Gasteiger charge is -2.07. The highest BCUT2D eigenvalue weighted by molar-refractivity contribution is 14.0. The lowest BCUT2D eigenvalue weighted by Crippen LogP contribution is -2.22. The molecule has 1 heterocycles. The number of pyridine rings is 1. The van der Waals surface area contributed by atoms with Gasteiger partial charge in [0.05, 0.1) is 13.7 Å². The fourth-order valence-electron chi connectivity index (χ4n) is 1.77. The minimum Gasteiger partial charge on any atom is -0.497 e. The summed E-state index contributed by atoms with van der Waals surface area (Å²) >= 11 is 0. The van der Waals surface area contributed by atoms with Gasteiger partial charge in [0.25, 0.3) is 0 Å². The number of aromatic nitrogens is 1. The molecule has 0 saturated heterocycles. The molecule has 1 aromatic carbocycles. The summed E-state index contributed by atoms with van der Waals surface area (Å²) in [4.78, 5) is 8.41. The lowest BCUT2D eigenvalue weighted by molar-refractivity contribution is 0.415. The summed E-state index contributed by atoms with van der Waals surface area (Å²) in [7, 11) is 1.63. The van der Waals surface area contributed by atoms with Crippen molar-refractivity contribution >= 4 is 35.6 Å². The molecule has 0 atom stereocenters. The van der Waals surface area contributed by atoms with E-state index in [0.29, 0.717) is 12.5 Å². The highest BCUT2D eigenvalue weighted by atomic mass is 127. The predicted molar refractivity (Wildman–Crippen MR) is 96.3 cm³/mol. The van der Waals surface area contributed by atoms with Crippen molar-refractivity contribution in [2.45, 2.75) is 13.5 Å². The van der Waals surface area contributed by atoms with Crippen LogP contribution in [0.4, 0.5) is 5.69 Å². The van der Waals surface area contributed by atoms with E-state index in [1.165, 1.54) is 0 Å². The van der Waals surface area contributed by atoms with Crippen LogP contribution in [0.15, 0.2) is 47.7 Å². The molecule has 0 unspecified atom stereocenters. The van der Waals surface area contributed by atoms with Gasteiger partial charge >= 0.3 is 0 Å². The number of benzene rings is 1. The van der Waals surface area contributed by atoms with Crippen LogP contribution < -0.4 is 15.8 Å². The normalized spacial score (nSPS) is 10.7. The highest BCUT2D eigenvalue weighted by Crippen LogP contribution is 2.16. The number of aliphatic imine (C=N–C) groups is 1. The summed E-state index contributed by atoms with van der Waals surface area (Å²) in [6.45, 7) is 2.50. The second-order valence-electron chi connectivity index (χ2n) is 4.43. The molecular weight excluding hydrogens is 379 g/mol. The Kier molecular flexibility index (Phi) is 6.93. The van der Waals surface area contributed by atoms with E-state index in [2.05, 4.69) is 15.3 Å². The standard InChI is InChI=1S/C15H18N4O.HI/c1-11-6-12(9-17-8-11)10-18-15(16)19-13-4-3-5-14(7-13)20-2;/h3-9H,10H2,1-2H3,(H3,16,18,19);1H. The molecule has 5 nitrogen and oxygen atoms in total. The number of nitrogens with zero attached hydrogens (tertiary/aromatic N) is 2. The largest absolute Gasteiger partial charge is 0.497 e. The molecular formula is C15H19IN4O. The Morgan fingerprint density at radius 1 is 1.33 bits per heavy atom. The number of nitrogens with two attached hydrogens (primary N) is 1. The van der Waals surface area contributed by atoms with Crippen molar-refractivity contribution in [2.75, 3.05) is 12.4 Å². The molecule has 112 valence electrons. The van der Waals surface area contributed by atoms with Crippen molar-refractivity contribution in [2.24, 2.45) is 10.7 Å². The topological polar surface area (TPSA) is 72.5 Å². The second-order valence-corrected chi connectivity index (χ2v) is 4.43. The average Bonchev–Trinajstić information content (AvgIpc) is 2.45. The molecule has 21 heavy (non-hydrogen) atoms. The first-order valence-corrected chi connectivity index (χ1v) is 6.29. The van der Waals surface area contributed by atoms with Gasteiger partial charge in [-0.1, -0.05) is 12.1 Å². The summed E-state index contributed by atoms with van der Waals surface area (Å²) in [6, 6.07) is 9.56. The van der Waals surface area contributed by atoms with E-state index >= 15 is 0 Å². The first-order chi connectivity index (χ1) is 9.67. The summed E-state index contributed by atoms with van der Waals surface area (Å²) in [5.41, 5.74) is 8.84. The summed E-state index contributed by atoms with van der Waals surface area (Å²) in [6.07, 6.45) is 3.60. The zero-order chi connectivity index (χ0) is 14.4. The Morgan fingerprint density at radius 2 is 2.14 bits per heavy atom. The molecule has 1 aromatic heterocycles. The van der Waals surface area contributed by atoms with E-state index in [1.54, 1.807) is 13.3 Å². The number of anilines is 1. The first-order valence-electron chi connectivity index (χ1n) is 6.29. The summed E-state index contributed by atoms with van der Waals surface area (Å²) in [5.74, 6) is 1.13. The molecule has 6 heteroatoms. The van der Waals surface area contributed by atoms with E-state index < -0.39 is 0 Å². The monoisotopic (exact) mass is 398 g/mol. The van der Waals surface area contributed by atoms with Gasteiger partial charge in [0.1, 0.15) is 5.75 Å². The summed E-state index contributed by atoms with van der Waals surface area (Å²) < 4.78 is 5.15. The van der Waals surface area contributed by atoms with E-state index in [9.17, 15) is 0 Å². The van der Waals surface area contributed by atoms with Gasteiger partial charge in [-0.3, -0.25) is 4.98 Å². The fraction of sp³-hybridized carbons (Fsp3) is 0.200. The Labute approximate surface area is 141 Å². The Bertz CT molecular complexity index is 616. The number of aryl methyl sites for hydroxylation is 1. The number of hydrogen-bond acceptors (Lipinski definition) is 3. The Hall–Kier alpha value is -1.83. The number of ether oxygens (including phenoxy) is 1. The van der Waals surface area contributed by atoms with Crippen molar-refractivity contribution in [1.82, 2.24) is 4.98 Å². The first kappa shape index (κ1) is 17.2. The SMILES string of the molecule is COc1cccc(NC(N)=NCc2cncc(C)c2)c1.I. The predicted octanol–water partition coefficient (Wildman–Crippen LogP) is 2.94. The van der Waals surface area contributed by atoms with Crippen LogP contribution in [0.25, 0.3) is 0 Å². The van der Waals surface area contributed by atoms with Crippen LogP contribution in [0.2, 0.25) is 0 Å². The van der Waals surface area contributed by atoms with Gasteiger partial charge in [0, 0.05) is 24.1 Å². The third kappa shape index (κ3) is 5.58. The number of hydrogen-bond donors (Lipinski definition) is 2. The lowest BCUT2D eigenvalue weighted by atomic mass is 10.2. The maximum Gasteiger partial charge on any atom is 0.193 e. The van der Waals surface area contributed by atoms with Crippen molar-refractivity contribution in [1.29, 1.82) is 0 Å². The van der Waals surface area contributed by atoms with E-state index in [4.69, 9.17) is 10.5 Å². The maximum absolute atomic E-state index is 5.86. The van der Waals surface area contributed by atoms with E-state index in [-0.39, 0.29) is 24.0 Å². The fourth-order valence-corrected chi connectivity index (χ4v) is 1.77. The molecule has 0 aliphatic carbocycles. The molecule has 0 amide bonds. The number of rotatable bonds is 4. The molecule has 0 radical (unpaired) electrons. The third-order valence-corrected chi connectivity index (χ3v) is 2.71. The van der Waals surface area contributed by atoms with Crippen molar-refractivity contribution in [3.05, 3.63) is 53.9 Å². The Balaban J connectivity index is 0.00000220. The van der Waals surface area contributed by atoms with Gasteiger partial charge in [-0.2, -0.15) is 0 Å². The van der Waals surface area contributed by atoms with E-state index in [1.807, 2.05) is 43.5 Å². The zero-order valence-electron chi connectivity index (χ0n) is 12.0. The maximum atomic E-state index is 5.86. The van der Waals surface area contributed by atoms with Gasteiger partial charge < -0.3 is 15.8 Å². The molecule has 0 saturated carbocycles. The van der Waals surface area contributed by atoms with Crippen LogP contribution in [0.3, 0.4) is 0 Å². The van der Waals surface area contributed by atoms with Crippen LogP contribution in [0.1, 0.15) is 11.1 Å². The average molecular weight is 398 g/mol. The van der Waals surface area contributed by atoms with Gasteiger partial charge in [0.15, 0.2) is 5.96 Å².